The van der Waals surface area contributed by atoms with Gasteiger partial charge in [-0.1, -0.05) is 12.1 Å². The fourth-order valence-corrected chi connectivity index (χ4v) is 2.54. The zero-order chi connectivity index (χ0) is 14.5. The van der Waals surface area contributed by atoms with Gasteiger partial charge in [-0.25, -0.2) is 0 Å². The molecule has 0 aromatic heterocycles. The number of nitrogens with two attached hydrogens (primary N) is 1. The van der Waals surface area contributed by atoms with Crippen LogP contribution in [0.1, 0.15) is 24.0 Å². The maximum absolute atomic E-state index is 12.1. The van der Waals surface area contributed by atoms with Gasteiger partial charge in [0, 0.05) is 13.1 Å². The highest BCUT2D eigenvalue weighted by atomic mass is 16.5. The summed E-state index contributed by atoms with van der Waals surface area (Å²) in [7, 11) is 0. The molecule has 1 amide bonds. The first kappa shape index (κ1) is 14.9. The minimum Gasteiger partial charge on any atom is -0.493 e. The lowest BCUT2D eigenvalue weighted by atomic mass is 10.1. The van der Waals surface area contributed by atoms with Crippen molar-refractivity contribution in [2.24, 2.45) is 11.7 Å². The van der Waals surface area contributed by atoms with Gasteiger partial charge in [-0.2, -0.15) is 0 Å². The topological polar surface area (TPSA) is 55.6 Å². The number of carbonyl (C=O) groups excluding carboxylic acids is 1. The Bertz CT molecular complexity index is 474. The van der Waals surface area contributed by atoms with Gasteiger partial charge >= 0.3 is 0 Å². The molecule has 1 fully saturated rings. The van der Waals surface area contributed by atoms with Gasteiger partial charge in [0.2, 0.25) is 5.91 Å². The number of aryl methyl sites for hydroxylation is 1. The van der Waals surface area contributed by atoms with Gasteiger partial charge in [0.05, 0.1) is 13.0 Å². The third-order valence-corrected chi connectivity index (χ3v) is 4.10. The molecule has 1 aliphatic heterocycles. The van der Waals surface area contributed by atoms with Gasteiger partial charge in [0.15, 0.2) is 0 Å². The Morgan fingerprint density at radius 1 is 1.45 bits per heavy atom. The Hall–Kier alpha value is -1.55. The molecule has 0 radical (unpaired) electrons. The van der Waals surface area contributed by atoms with Crippen LogP contribution in [0.2, 0.25) is 0 Å². The summed E-state index contributed by atoms with van der Waals surface area (Å²) in [6.07, 6.45) is 1.46. The fourth-order valence-electron chi connectivity index (χ4n) is 2.54. The molecule has 0 saturated carbocycles. The van der Waals surface area contributed by atoms with E-state index >= 15 is 0 Å². The van der Waals surface area contributed by atoms with Crippen LogP contribution >= 0.6 is 0 Å². The van der Waals surface area contributed by atoms with Crippen LogP contribution in [0.5, 0.6) is 5.75 Å². The average Bonchev–Trinajstić information content (AvgIpc) is 2.92. The first-order valence-corrected chi connectivity index (χ1v) is 7.28. The Kier molecular flexibility index (Phi) is 5.01. The van der Waals surface area contributed by atoms with Gasteiger partial charge < -0.3 is 15.4 Å². The second kappa shape index (κ2) is 6.75. The summed E-state index contributed by atoms with van der Waals surface area (Å²) in [5.74, 6) is 1.52. The van der Waals surface area contributed by atoms with Crippen LogP contribution in [-0.2, 0) is 4.79 Å². The first-order valence-electron chi connectivity index (χ1n) is 7.28. The molecule has 1 atom stereocenters. The summed E-state index contributed by atoms with van der Waals surface area (Å²) in [5, 5.41) is 0. The molecule has 4 nitrogen and oxygen atoms in total. The molecule has 0 unspecified atom stereocenters. The third kappa shape index (κ3) is 3.51. The van der Waals surface area contributed by atoms with Gasteiger partial charge in [-0.15, -0.1) is 0 Å². The summed E-state index contributed by atoms with van der Waals surface area (Å²) in [4.78, 5) is 14.0. The number of hydrogen-bond acceptors (Lipinski definition) is 3. The monoisotopic (exact) mass is 276 g/mol. The molecule has 1 aliphatic rings. The zero-order valence-electron chi connectivity index (χ0n) is 12.4. The van der Waals surface area contributed by atoms with Gasteiger partial charge in [-0.3, -0.25) is 4.79 Å². The van der Waals surface area contributed by atoms with Crippen molar-refractivity contribution in [2.45, 2.75) is 26.7 Å². The van der Waals surface area contributed by atoms with Crippen LogP contribution < -0.4 is 10.5 Å². The number of rotatable bonds is 5. The molecule has 2 N–H and O–H groups in total. The van der Waals surface area contributed by atoms with E-state index in [-0.39, 0.29) is 5.91 Å². The first-order chi connectivity index (χ1) is 9.61. The van der Waals surface area contributed by atoms with Crippen LogP contribution in [0, 0.1) is 19.8 Å². The summed E-state index contributed by atoms with van der Waals surface area (Å²) in [6, 6.07) is 5.99. The van der Waals surface area contributed by atoms with Crippen molar-refractivity contribution >= 4 is 5.91 Å². The van der Waals surface area contributed by atoms with Crippen molar-refractivity contribution in [3.05, 3.63) is 29.3 Å². The molecule has 1 heterocycles. The van der Waals surface area contributed by atoms with E-state index in [4.69, 9.17) is 10.5 Å². The van der Waals surface area contributed by atoms with Crippen LogP contribution in [0.4, 0.5) is 0 Å². The molecule has 0 aliphatic carbocycles. The standard InChI is InChI=1S/C16H24N2O2/c1-12-4-3-5-15(13(12)2)20-9-7-16(19)18-8-6-14(10-17)11-18/h3-5,14H,6-11,17H2,1-2H3/t14-/m0/s1. The Labute approximate surface area is 120 Å². The molecule has 1 saturated heterocycles. The largest absolute Gasteiger partial charge is 0.493 e. The fraction of sp³-hybridized carbons (Fsp3) is 0.562. The number of nitrogens with zero attached hydrogens (tertiary/aromatic N) is 1. The van der Waals surface area contributed by atoms with E-state index in [0.29, 0.717) is 25.5 Å². The van der Waals surface area contributed by atoms with Crippen LogP contribution in [0.25, 0.3) is 0 Å². The quantitative estimate of drug-likeness (QED) is 0.893. The van der Waals surface area contributed by atoms with Gasteiger partial charge in [0.25, 0.3) is 0 Å². The highest BCUT2D eigenvalue weighted by molar-refractivity contribution is 5.76. The van der Waals surface area contributed by atoms with Gasteiger partial charge in [-0.05, 0) is 49.9 Å². The molecule has 110 valence electrons. The molecule has 20 heavy (non-hydrogen) atoms. The smallest absolute Gasteiger partial charge is 0.226 e. The number of hydrogen-bond donors (Lipinski definition) is 1. The van der Waals surface area contributed by atoms with E-state index < -0.39 is 0 Å². The highest BCUT2D eigenvalue weighted by Crippen LogP contribution is 2.21. The second-order valence-corrected chi connectivity index (χ2v) is 5.53. The van der Waals surface area contributed by atoms with E-state index in [0.717, 1.165) is 30.8 Å². The number of ether oxygens (including phenoxy) is 1. The normalized spacial score (nSPS) is 18.4. The molecule has 1 aromatic carbocycles. The molecule has 1 aromatic rings. The van der Waals surface area contributed by atoms with Crippen molar-refractivity contribution in [1.82, 2.24) is 4.90 Å². The lowest BCUT2D eigenvalue weighted by Crippen LogP contribution is -2.30. The third-order valence-electron chi connectivity index (χ3n) is 4.10. The average molecular weight is 276 g/mol. The Balaban J connectivity index is 1.78. The van der Waals surface area contributed by atoms with E-state index in [1.54, 1.807) is 0 Å². The lowest BCUT2D eigenvalue weighted by molar-refractivity contribution is -0.130. The van der Waals surface area contributed by atoms with E-state index in [9.17, 15) is 4.79 Å². The summed E-state index contributed by atoms with van der Waals surface area (Å²) in [6.45, 7) is 6.85. The van der Waals surface area contributed by atoms with Crippen molar-refractivity contribution in [3.8, 4) is 5.75 Å². The minimum atomic E-state index is 0.172. The minimum absolute atomic E-state index is 0.172. The van der Waals surface area contributed by atoms with Crippen molar-refractivity contribution in [3.63, 3.8) is 0 Å². The van der Waals surface area contributed by atoms with Crippen molar-refractivity contribution < 1.29 is 9.53 Å². The lowest BCUT2D eigenvalue weighted by Gasteiger charge is -2.17. The molecule has 4 heteroatoms. The maximum Gasteiger partial charge on any atom is 0.226 e. The van der Waals surface area contributed by atoms with Crippen molar-refractivity contribution in [1.29, 1.82) is 0 Å². The summed E-state index contributed by atoms with van der Waals surface area (Å²) < 4.78 is 5.73. The maximum atomic E-state index is 12.1. The zero-order valence-corrected chi connectivity index (χ0v) is 12.4. The Morgan fingerprint density at radius 2 is 2.25 bits per heavy atom. The predicted molar refractivity (Wildman–Crippen MR) is 79.8 cm³/mol. The molecule has 0 spiro atoms. The summed E-state index contributed by atoms with van der Waals surface area (Å²) in [5.41, 5.74) is 7.99. The van der Waals surface area contributed by atoms with Crippen LogP contribution in [0.15, 0.2) is 18.2 Å². The van der Waals surface area contributed by atoms with E-state index in [2.05, 4.69) is 13.0 Å². The highest BCUT2D eigenvalue weighted by Gasteiger charge is 2.24. The van der Waals surface area contributed by atoms with Crippen molar-refractivity contribution in [2.75, 3.05) is 26.2 Å². The van der Waals surface area contributed by atoms with Gasteiger partial charge in [0.1, 0.15) is 5.75 Å². The summed E-state index contributed by atoms with van der Waals surface area (Å²) >= 11 is 0. The molecule has 2 rings (SSSR count). The SMILES string of the molecule is Cc1cccc(OCCC(=O)N2CC[C@@H](CN)C2)c1C. The van der Waals surface area contributed by atoms with E-state index in [1.165, 1.54) is 5.56 Å². The molecular formula is C16H24N2O2. The number of carbonyl (C=O) groups is 1. The molecule has 0 bridgehead atoms. The number of benzene rings is 1. The number of likely N-dealkylation sites (tertiary alicyclic amines) is 1. The van der Waals surface area contributed by atoms with E-state index in [1.807, 2.05) is 24.0 Å². The van der Waals surface area contributed by atoms with Crippen LogP contribution in [0.3, 0.4) is 0 Å². The second-order valence-electron chi connectivity index (χ2n) is 5.53. The number of amides is 1. The predicted octanol–water partition coefficient (Wildman–Crippen LogP) is 1.88. The molecular weight excluding hydrogens is 252 g/mol. The van der Waals surface area contributed by atoms with Crippen LogP contribution in [-0.4, -0.2) is 37.0 Å². The Morgan fingerprint density at radius 3 is 2.95 bits per heavy atom.